The fourth-order valence-electron chi connectivity index (χ4n) is 3.63. The summed E-state index contributed by atoms with van der Waals surface area (Å²) in [5.41, 5.74) is 6.10. The number of hydrogen-bond acceptors (Lipinski definition) is 3. The molecule has 16 heavy (non-hydrogen) atoms. The lowest BCUT2D eigenvalue weighted by Crippen LogP contribution is -2.63. The molecule has 0 heterocycles. The van der Waals surface area contributed by atoms with Crippen LogP contribution in [-0.2, 0) is 0 Å². The molecule has 0 bridgehead atoms. The van der Waals surface area contributed by atoms with Gasteiger partial charge >= 0.3 is 0 Å². The summed E-state index contributed by atoms with van der Waals surface area (Å²) < 4.78 is 0. The number of aliphatic hydroxyl groups is 1. The molecule has 2 aliphatic rings. The third-order valence-corrected chi connectivity index (χ3v) is 4.50. The summed E-state index contributed by atoms with van der Waals surface area (Å²) in [6, 6.07) is 0.495. The van der Waals surface area contributed by atoms with E-state index in [9.17, 15) is 5.11 Å². The zero-order chi connectivity index (χ0) is 11.6. The van der Waals surface area contributed by atoms with Crippen molar-refractivity contribution in [3.8, 4) is 0 Å². The zero-order valence-electron chi connectivity index (χ0n) is 10.4. The smallest absolute Gasteiger partial charge is 0.0474 e. The molecule has 0 spiro atoms. The van der Waals surface area contributed by atoms with E-state index < -0.39 is 0 Å². The quantitative estimate of drug-likeness (QED) is 0.676. The van der Waals surface area contributed by atoms with Crippen molar-refractivity contribution in [2.45, 2.75) is 57.0 Å². The number of nitrogens with one attached hydrogen (secondary N) is 1. The summed E-state index contributed by atoms with van der Waals surface area (Å²) >= 11 is 0. The van der Waals surface area contributed by atoms with Gasteiger partial charge in [0.2, 0.25) is 0 Å². The first-order valence-corrected chi connectivity index (χ1v) is 6.78. The standard InChI is InChI=1S/C13H26N2O/c1-10-6-13(7-10,9-14)15-12-5-3-2-4-11(12)8-16/h10-12,15-16H,2-9,14H2,1H3. The fourth-order valence-corrected chi connectivity index (χ4v) is 3.63. The molecule has 3 nitrogen and oxygen atoms in total. The van der Waals surface area contributed by atoms with Crippen LogP contribution in [0.1, 0.15) is 45.4 Å². The van der Waals surface area contributed by atoms with Crippen LogP contribution < -0.4 is 11.1 Å². The van der Waals surface area contributed by atoms with Crippen LogP contribution in [0.5, 0.6) is 0 Å². The maximum absolute atomic E-state index is 9.40. The molecule has 2 rings (SSSR count). The molecule has 2 aliphatic carbocycles. The van der Waals surface area contributed by atoms with E-state index in [-0.39, 0.29) is 5.54 Å². The van der Waals surface area contributed by atoms with Crippen LogP contribution in [0.25, 0.3) is 0 Å². The van der Waals surface area contributed by atoms with Crippen molar-refractivity contribution in [3.05, 3.63) is 0 Å². The molecule has 0 aliphatic heterocycles. The SMILES string of the molecule is CC1CC(CN)(NC2CCCCC2CO)C1. The third-order valence-electron chi connectivity index (χ3n) is 4.50. The average Bonchev–Trinajstić information content (AvgIpc) is 2.27. The van der Waals surface area contributed by atoms with Gasteiger partial charge < -0.3 is 16.2 Å². The van der Waals surface area contributed by atoms with Crippen molar-refractivity contribution in [1.29, 1.82) is 0 Å². The minimum absolute atomic E-state index is 0.189. The first-order chi connectivity index (χ1) is 7.69. The molecule has 0 aromatic carbocycles. The second kappa shape index (κ2) is 5.03. The number of hydrogen-bond donors (Lipinski definition) is 3. The highest BCUT2D eigenvalue weighted by Crippen LogP contribution is 2.38. The van der Waals surface area contributed by atoms with E-state index in [4.69, 9.17) is 5.73 Å². The molecule has 2 atom stereocenters. The van der Waals surface area contributed by atoms with Crippen molar-refractivity contribution < 1.29 is 5.11 Å². The Morgan fingerprint density at radius 2 is 2.00 bits per heavy atom. The van der Waals surface area contributed by atoms with Crippen LogP contribution in [0, 0.1) is 11.8 Å². The van der Waals surface area contributed by atoms with Crippen LogP contribution in [0.3, 0.4) is 0 Å². The Bertz CT molecular complexity index is 226. The second-order valence-corrected chi connectivity index (χ2v) is 5.98. The molecule has 4 N–H and O–H groups in total. The van der Waals surface area contributed by atoms with Gasteiger partial charge in [-0.2, -0.15) is 0 Å². The fraction of sp³-hybridized carbons (Fsp3) is 1.00. The molecule has 0 amide bonds. The minimum atomic E-state index is 0.189. The topological polar surface area (TPSA) is 58.3 Å². The van der Waals surface area contributed by atoms with Crippen molar-refractivity contribution in [3.63, 3.8) is 0 Å². The Balaban J connectivity index is 1.91. The molecule has 2 saturated carbocycles. The van der Waals surface area contributed by atoms with Crippen LogP contribution in [0.2, 0.25) is 0 Å². The summed E-state index contributed by atoms with van der Waals surface area (Å²) in [5, 5.41) is 13.2. The van der Waals surface area contributed by atoms with E-state index in [1.165, 1.54) is 38.5 Å². The summed E-state index contributed by atoms with van der Waals surface area (Å²) in [4.78, 5) is 0. The zero-order valence-corrected chi connectivity index (χ0v) is 10.4. The summed E-state index contributed by atoms with van der Waals surface area (Å²) in [6.45, 7) is 3.36. The molecule has 0 radical (unpaired) electrons. The number of aliphatic hydroxyl groups excluding tert-OH is 1. The lowest BCUT2D eigenvalue weighted by molar-refractivity contribution is 0.0666. The third kappa shape index (κ3) is 2.41. The molecular weight excluding hydrogens is 200 g/mol. The Kier molecular flexibility index (Phi) is 3.88. The molecule has 0 aromatic rings. The minimum Gasteiger partial charge on any atom is -0.396 e. The Morgan fingerprint density at radius 1 is 1.31 bits per heavy atom. The first kappa shape index (κ1) is 12.3. The summed E-state index contributed by atoms with van der Waals surface area (Å²) in [5.74, 6) is 1.26. The van der Waals surface area contributed by atoms with Gasteiger partial charge in [0.1, 0.15) is 0 Å². The van der Waals surface area contributed by atoms with E-state index in [1.807, 2.05) is 0 Å². The van der Waals surface area contributed by atoms with Crippen LogP contribution >= 0.6 is 0 Å². The van der Waals surface area contributed by atoms with Gasteiger partial charge in [-0.1, -0.05) is 19.8 Å². The highest BCUT2D eigenvalue weighted by Gasteiger charge is 2.43. The van der Waals surface area contributed by atoms with Crippen molar-refractivity contribution in [2.24, 2.45) is 17.6 Å². The van der Waals surface area contributed by atoms with E-state index in [0.29, 0.717) is 18.6 Å². The highest BCUT2D eigenvalue weighted by atomic mass is 16.3. The van der Waals surface area contributed by atoms with Crippen LogP contribution in [0.15, 0.2) is 0 Å². The Hall–Kier alpha value is -0.120. The highest BCUT2D eigenvalue weighted by molar-refractivity contribution is 5.03. The number of rotatable bonds is 4. The molecule has 3 heteroatoms. The molecule has 0 saturated heterocycles. The normalized spacial score (nSPS) is 44.1. The van der Waals surface area contributed by atoms with Crippen LogP contribution in [0.4, 0.5) is 0 Å². The summed E-state index contributed by atoms with van der Waals surface area (Å²) in [6.07, 6.45) is 7.36. The Morgan fingerprint density at radius 3 is 2.56 bits per heavy atom. The van der Waals surface area contributed by atoms with E-state index in [1.54, 1.807) is 0 Å². The Labute approximate surface area is 98.8 Å². The van der Waals surface area contributed by atoms with Crippen LogP contribution in [-0.4, -0.2) is 29.8 Å². The van der Waals surface area contributed by atoms with Crippen molar-refractivity contribution in [2.75, 3.05) is 13.2 Å². The van der Waals surface area contributed by atoms with E-state index in [0.717, 1.165) is 12.5 Å². The molecule has 94 valence electrons. The summed E-state index contributed by atoms with van der Waals surface area (Å²) in [7, 11) is 0. The maximum Gasteiger partial charge on any atom is 0.0474 e. The first-order valence-electron chi connectivity index (χ1n) is 6.78. The predicted molar refractivity (Wildman–Crippen MR) is 66.2 cm³/mol. The lowest BCUT2D eigenvalue weighted by Gasteiger charge is -2.50. The van der Waals surface area contributed by atoms with Gasteiger partial charge in [0.25, 0.3) is 0 Å². The van der Waals surface area contributed by atoms with Crippen molar-refractivity contribution in [1.82, 2.24) is 5.32 Å². The van der Waals surface area contributed by atoms with Gasteiger partial charge in [-0.25, -0.2) is 0 Å². The average molecular weight is 226 g/mol. The van der Waals surface area contributed by atoms with Gasteiger partial charge in [0.05, 0.1) is 0 Å². The predicted octanol–water partition coefficient (Wildman–Crippen LogP) is 1.25. The van der Waals surface area contributed by atoms with E-state index in [2.05, 4.69) is 12.2 Å². The maximum atomic E-state index is 9.40. The number of nitrogens with two attached hydrogens (primary N) is 1. The molecule has 2 unspecified atom stereocenters. The molecule has 2 fully saturated rings. The van der Waals surface area contributed by atoms with Gasteiger partial charge in [-0.3, -0.25) is 0 Å². The molecular formula is C13H26N2O. The monoisotopic (exact) mass is 226 g/mol. The van der Waals surface area contributed by atoms with Gasteiger partial charge in [0.15, 0.2) is 0 Å². The lowest BCUT2D eigenvalue weighted by atomic mass is 9.68. The van der Waals surface area contributed by atoms with Crippen molar-refractivity contribution >= 4 is 0 Å². The second-order valence-electron chi connectivity index (χ2n) is 5.98. The molecule has 0 aromatic heterocycles. The van der Waals surface area contributed by atoms with Gasteiger partial charge in [-0.05, 0) is 37.5 Å². The van der Waals surface area contributed by atoms with Gasteiger partial charge in [-0.15, -0.1) is 0 Å². The van der Waals surface area contributed by atoms with Gasteiger partial charge in [0, 0.05) is 24.7 Å². The van der Waals surface area contributed by atoms with E-state index >= 15 is 0 Å². The largest absolute Gasteiger partial charge is 0.396 e.